The first-order chi connectivity index (χ1) is 10.0. The Morgan fingerprint density at radius 1 is 1.19 bits per heavy atom. The van der Waals surface area contributed by atoms with E-state index < -0.39 is 5.97 Å². The number of rotatable bonds is 4. The number of carboxylic acids is 1. The minimum atomic E-state index is -1.04. The van der Waals surface area contributed by atoms with Crippen molar-refractivity contribution in [3.05, 3.63) is 58.6 Å². The average Bonchev–Trinajstić information content (AvgIpc) is 2.47. The SMILES string of the molecule is CCNC(=O)c1cccc(-c2cc(Cl)ccc2C(=O)O)c1. The van der Waals surface area contributed by atoms with Gasteiger partial charge in [0.05, 0.1) is 5.56 Å². The van der Waals surface area contributed by atoms with E-state index in [1.54, 1.807) is 30.3 Å². The van der Waals surface area contributed by atoms with E-state index in [2.05, 4.69) is 5.32 Å². The number of amides is 1. The molecular formula is C16H14ClNO3. The first-order valence-electron chi connectivity index (χ1n) is 6.44. The highest BCUT2D eigenvalue weighted by atomic mass is 35.5. The van der Waals surface area contributed by atoms with Gasteiger partial charge < -0.3 is 10.4 Å². The molecule has 2 aromatic carbocycles. The van der Waals surface area contributed by atoms with Crippen LogP contribution < -0.4 is 5.32 Å². The van der Waals surface area contributed by atoms with E-state index in [9.17, 15) is 14.7 Å². The van der Waals surface area contributed by atoms with Crippen molar-refractivity contribution in [2.75, 3.05) is 6.54 Å². The molecule has 4 nitrogen and oxygen atoms in total. The normalized spacial score (nSPS) is 10.2. The fourth-order valence-corrected chi connectivity index (χ4v) is 2.20. The molecule has 0 spiro atoms. The molecule has 0 aliphatic heterocycles. The van der Waals surface area contributed by atoms with Gasteiger partial charge in [-0.05, 0) is 48.4 Å². The molecular weight excluding hydrogens is 290 g/mol. The predicted molar refractivity (Wildman–Crippen MR) is 81.9 cm³/mol. The van der Waals surface area contributed by atoms with Gasteiger partial charge in [-0.1, -0.05) is 23.7 Å². The largest absolute Gasteiger partial charge is 0.478 e. The van der Waals surface area contributed by atoms with Crippen molar-refractivity contribution in [3.8, 4) is 11.1 Å². The van der Waals surface area contributed by atoms with E-state index in [1.165, 1.54) is 12.1 Å². The Balaban J connectivity index is 2.52. The smallest absolute Gasteiger partial charge is 0.336 e. The first kappa shape index (κ1) is 15.1. The van der Waals surface area contributed by atoms with Crippen LogP contribution in [0.25, 0.3) is 11.1 Å². The topological polar surface area (TPSA) is 66.4 Å². The monoisotopic (exact) mass is 303 g/mol. The highest BCUT2D eigenvalue weighted by molar-refractivity contribution is 6.31. The average molecular weight is 304 g/mol. The van der Waals surface area contributed by atoms with Gasteiger partial charge in [0, 0.05) is 17.1 Å². The standard InChI is InChI=1S/C16H14ClNO3/c1-2-18-15(19)11-5-3-4-10(8-11)14-9-12(17)6-7-13(14)16(20)21/h3-9H,2H2,1H3,(H,18,19)(H,20,21). The van der Waals surface area contributed by atoms with Crippen LogP contribution in [0.1, 0.15) is 27.6 Å². The van der Waals surface area contributed by atoms with Crippen molar-refractivity contribution >= 4 is 23.5 Å². The van der Waals surface area contributed by atoms with E-state index in [0.717, 1.165) is 0 Å². The second-order valence-corrected chi connectivity index (χ2v) is 4.87. The number of halogens is 1. The molecule has 108 valence electrons. The zero-order valence-corrected chi connectivity index (χ0v) is 12.1. The zero-order chi connectivity index (χ0) is 15.4. The number of aromatic carboxylic acids is 1. The molecule has 1 amide bonds. The molecule has 5 heteroatoms. The van der Waals surface area contributed by atoms with Gasteiger partial charge in [-0.3, -0.25) is 4.79 Å². The Morgan fingerprint density at radius 2 is 1.95 bits per heavy atom. The van der Waals surface area contributed by atoms with E-state index in [1.807, 2.05) is 6.92 Å². The van der Waals surface area contributed by atoms with Crippen LogP contribution in [-0.2, 0) is 0 Å². The van der Waals surface area contributed by atoms with E-state index in [0.29, 0.717) is 28.3 Å². The van der Waals surface area contributed by atoms with Crippen LogP contribution in [0.4, 0.5) is 0 Å². The first-order valence-corrected chi connectivity index (χ1v) is 6.82. The summed E-state index contributed by atoms with van der Waals surface area (Å²) in [5.41, 5.74) is 1.75. The molecule has 0 saturated carbocycles. The number of carbonyl (C=O) groups is 2. The van der Waals surface area contributed by atoms with Crippen LogP contribution in [0.15, 0.2) is 42.5 Å². The molecule has 0 unspecified atom stereocenters. The molecule has 2 rings (SSSR count). The van der Waals surface area contributed by atoms with E-state index in [-0.39, 0.29) is 11.5 Å². The molecule has 21 heavy (non-hydrogen) atoms. The lowest BCUT2D eigenvalue weighted by Gasteiger charge is -2.09. The molecule has 2 N–H and O–H groups in total. The zero-order valence-electron chi connectivity index (χ0n) is 11.4. The molecule has 0 atom stereocenters. The maximum absolute atomic E-state index is 11.9. The van der Waals surface area contributed by atoms with Crippen LogP contribution in [0.5, 0.6) is 0 Å². The van der Waals surface area contributed by atoms with E-state index in [4.69, 9.17) is 11.6 Å². The summed E-state index contributed by atoms with van der Waals surface area (Å²) in [6, 6.07) is 11.4. The van der Waals surface area contributed by atoms with Crippen molar-refractivity contribution in [2.45, 2.75) is 6.92 Å². The van der Waals surface area contributed by atoms with Crippen LogP contribution in [0.3, 0.4) is 0 Å². The number of carbonyl (C=O) groups excluding carboxylic acids is 1. The third kappa shape index (κ3) is 3.41. The molecule has 0 radical (unpaired) electrons. The van der Waals surface area contributed by atoms with Crippen molar-refractivity contribution in [3.63, 3.8) is 0 Å². The fourth-order valence-electron chi connectivity index (χ4n) is 2.03. The highest BCUT2D eigenvalue weighted by Crippen LogP contribution is 2.28. The second kappa shape index (κ2) is 6.41. The molecule has 0 aliphatic rings. The number of carboxylic acid groups (broad SMARTS) is 1. The summed E-state index contributed by atoms with van der Waals surface area (Å²) in [6.07, 6.45) is 0. The molecule has 0 fully saturated rings. The number of benzene rings is 2. The Hall–Kier alpha value is -2.33. The van der Waals surface area contributed by atoms with Crippen LogP contribution in [0.2, 0.25) is 5.02 Å². The molecule has 0 saturated heterocycles. The lowest BCUT2D eigenvalue weighted by atomic mass is 9.98. The van der Waals surface area contributed by atoms with Gasteiger partial charge in [-0.25, -0.2) is 4.79 Å². The van der Waals surface area contributed by atoms with Gasteiger partial charge in [0.1, 0.15) is 0 Å². The number of hydrogen-bond acceptors (Lipinski definition) is 2. The molecule has 2 aromatic rings. The maximum Gasteiger partial charge on any atom is 0.336 e. The van der Waals surface area contributed by atoms with Gasteiger partial charge in [-0.15, -0.1) is 0 Å². The van der Waals surface area contributed by atoms with Crippen LogP contribution in [0, 0.1) is 0 Å². The fraction of sp³-hybridized carbons (Fsp3) is 0.125. The minimum absolute atomic E-state index is 0.146. The lowest BCUT2D eigenvalue weighted by Crippen LogP contribution is -2.22. The molecule has 0 aromatic heterocycles. The summed E-state index contributed by atoms with van der Waals surface area (Å²) in [7, 11) is 0. The molecule has 0 heterocycles. The lowest BCUT2D eigenvalue weighted by molar-refractivity contribution is 0.0697. The van der Waals surface area contributed by atoms with Gasteiger partial charge in [0.2, 0.25) is 0 Å². The molecule has 0 bridgehead atoms. The minimum Gasteiger partial charge on any atom is -0.478 e. The summed E-state index contributed by atoms with van der Waals surface area (Å²) in [5, 5.41) is 12.4. The summed E-state index contributed by atoms with van der Waals surface area (Å²) in [5.74, 6) is -1.23. The van der Waals surface area contributed by atoms with Gasteiger partial charge in [0.25, 0.3) is 5.91 Å². The molecule has 0 aliphatic carbocycles. The summed E-state index contributed by atoms with van der Waals surface area (Å²) >= 11 is 5.95. The quantitative estimate of drug-likeness (QED) is 0.909. The van der Waals surface area contributed by atoms with Crippen molar-refractivity contribution in [1.29, 1.82) is 0 Å². The van der Waals surface area contributed by atoms with Crippen LogP contribution >= 0.6 is 11.6 Å². The summed E-state index contributed by atoms with van der Waals surface area (Å²) in [4.78, 5) is 23.2. The van der Waals surface area contributed by atoms with Gasteiger partial charge in [0.15, 0.2) is 0 Å². The third-order valence-corrected chi connectivity index (χ3v) is 3.22. The van der Waals surface area contributed by atoms with E-state index >= 15 is 0 Å². The number of hydrogen-bond donors (Lipinski definition) is 2. The third-order valence-electron chi connectivity index (χ3n) is 2.99. The predicted octanol–water partition coefficient (Wildman–Crippen LogP) is 3.45. The Bertz CT molecular complexity index is 698. The second-order valence-electron chi connectivity index (χ2n) is 4.44. The summed E-state index contributed by atoms with van der Waals surface area (Å²) in [6.45, 7) is 2.36. The van der Waals surface area contributed by atoms with Gasteiger partial charge >= 0.3 is 5.97 Å². The Labute approximate surface area is 127 Å². The van der Waals surface area contributed by atoms with Crippen molar-refractivity contribution in [2.24, 2.45) is 0 Å². The number of nitrogens with one attached hydrogen (secondary N) is 1. The van der Waals surface area contributed by atoms with Crippen molar-refractivity contribution < 1.29 is 14.7 Å². The Morgan fingerprint density at radius 3 is 2.62 bits per heavy atom. The Kier molecular flexibility index (Phi) is 4.60. The highest BCUT2D eigenvalue weighted by Gasteiger charge is 2.13. The summed E-state index contributed by atoms with van der Waals surface area (Å²) < 4.78 is 0. The van der Waals surface area contributed by atoms with Crippen LogP contribution in [-0.4, -0.2) is 23.5 Å². The van der Waals surface area contributed by atoms with Crippen molar-refractivity contribution in [1.82, 2.24) is 5.32 Å². The maximum atomic E-state index is 11.9. The van der Waals surface area contributed by atoms with Gasteiger partial charge in [-0.2, -0.15) is 0 Å².